The van der Waals surface area contributed by atoms with Crippen molar-refractivity contribution in [2.45, 2.75) is 20.1 Å². The van der Waals surface area contributed by atoms with Crippen LogP contribution in [-0.2, 0) is 9.47 Å². The first kappa shape index (κ1) is 13.9. The summed E-state index contributed by atoms with van der Waals surface area (Å²) < 4.78 is 18.3. The molecule has 0 atom stereocenters. The zero-order valence-electron chi connectivity index (χ0n) is 11.6. The third kappa shape index (κ3) is 2.82. The number of rotatable bonds is 2. The molecule has 1 saturated heterocycles. The van der Waals surface area contributed by atoms with Crippen LogP contribution in [-0.4, -0.2) is 13.2 Å². The Morgan fingerprint density at radius 3 is 2.45 bits per heavy atom. The van der Waals surface area contributed by atoms with Crippen LogP contribution in [0.2, 0.25) is 0 Å². The number of hydrogen-bond acceptors (Lipinski definition) is 3. The fourth-order valence-electron chi connectivity index (χ4n) is 2.14. The Morgan fingerprint density at radius 2 is 1.75 bits per heavy atom. The number of furan rings is 1. The van der Waals surface area contributed by atoms with Gasteiger partial charge in [-0.25, -0.2) is 0 Å². The molecule has 0 aliphatic carbocycles. The summed E-state index contributed by atoms with van der Waals surface area (Å²) in [5.74, 6) is 1.52. The molecule has 2 aromatic rings. The molecule has 1 aromatic heterocycles. The van der Waals surface area contributed by atoms with E-state index in [0.29, 0.717) is 19.0 Å². The van der Waals surface area contributed by atoms with Crippen molar-refractivity contribution in [2.75, 3.05) is 13.2 Å². The molecule has 20 heavy (non-hydrogen) atoms. The third-order valence-corrected chi connectivity index (χ3v) is 3.94. The van der Waals surface area contributed by atoms with Crippen molar-refractivity contribution >= 4 is 15.9 Å². The smallest absolute Gasteiger partial charge is 0.217 e. The maximum atomic E-state index is 5.88. The summed E-state index contributed by atoms with van der Waals surface area (Å²) >= 11 is 3.53. The average Bonchev–Trinajstić information content (AvgIpc) is 2.88. The lowest BCUT2D eigenvalue weighted by atomic mass is 9.95. The zero-order chi connectivity index (χ0) is 14.2. The van der Waals surface area contributed by atoms with E-state index in [4.69, 9.17) is 13.9 Å². The summed E-state index contributed by atoms with van der Waals surface area (Å²) in [6.07, 6.45) is -0.403. The second-order valence-corrected chi connectivity index (χ2v) is 6.65. The van der Waals surface area contributed by atoms with E-state index in [9.17, 15) is 0 Å². The lowest BCUT2D eigenvalue weighted by Crippen LogP contribution is -2.33. The van der Waals surface area contributed by atoms with Crippen LogP contribution in [0, 0.1) is 5.41 Å². The summed E-state index contributed by atoms with van der Waals surface area (Å²) in [6, 6.07) is 11.8. The maximum absolute atomic E-state index is 5.88. The zero-order valence-corrected chi connectivity index (χ0v) is 13.1. The van der Waals surface area contributed by atoms with Crippen molar-refractivity contribution in [2.24, 2.45) is 5.41 Å². The molecule has 0 bridgehead atoms. The number of halogens is 1. The molecule has 0 radical (unpaired) electrons. The van der Waals surface area contributed by atoms with E-state index in [0.717, 1.165) is 15.8 Å². The molecule has 3 rings (SSSR count). The van der Waals surface area contributed by atoms with Gasteiger partial charge in [0.05, 0.1) is 13.2 Å². The monoisotopic (exact) mass is 336 g/mol. The summed E-state index contributed by atoms with van der Waals surface area (Å²) in [5, 5.41) is 0. The van der Waals surface area contributed by atoms with E-state index < -0.39 is 6.29 Å². The molecule has 1 fully saturated rings. The Bertz CT molecular complexity index is 593. The average molecular weight is 337 g/mol. The fourth-order valence-corrected chi connectivity index (χ4v) is 2.62. The van der Waals surface area contributed by atoms with Gasteiger partial charge in [-0.15, -0.1) is 0 Å². The van der Waals surface area contributed by atoms with Crippen LogP contribution in [0.25, 0.3) is 11.3 Å². The van der Waals surface area contributed by atoms with E-state index in [-0.39, 0.29) is 5.41 Å². The van der Waals surface area contributed by atoms with Gasteiger partial charge >= 0.3 is 0 Å². The molecule has 2 heterocycles. The van der Waals surface area contributed by atoms with Crippen LogP contribution in [0.4, 0.5) is 0 Å². The molecular weight excluding hydrogens is 320 g/mol. The van der Waals surface area contributed by atoms with Crippen molar-refractivity contribution in [3.8, 4) is 11.3 Å². The van der Waals surface area contributed by atoms with Gasteiger partial charge in [-0.1, -0.05) is 48.0 Å². The van der Waals surface area contributed by atoms with Crippen LogP contribution in [0.3, 0.4) is 0 Å². The molecule has 1 aliphatic rings. The normalized spacial score (nSPS) is 19.1. The minimum absolute atomic E-state index is 0.0639. The molecule has 3 nitrogen and oxygen atoms in total. The number of benzene rings is 1. The minimum atomic E-state index is -0.403. The molecule has 1 aromatic carbocycles. The van der Waals surface area contributed by atoms with Gasteiger partial charge in [-0.2, -0.15) is 0 Å². The minimum Gasteiger partial charge on any atom is -0.456 e. The van der Waals surface area contributed by atoms with Crippen LogP contribution < -0.4 is 0 Å². The van der Waals surface area contributed by atoms with Crippen molar-refractivity contribution in [3.05, 3.63) is 46.6 Å². The Labute approximate surface area is 127 Å². The van der Waals surface area contributed by atoms with Crippen LogP contribution in [0.15, 0.2) is 45.3 Å². The molecule has 0 N–H and O–H groups in total. The molecule has 0 spiro atoms. The van der Waals surface area contributed by atoms with Gasteiger partial charge in [0.1, 0.15) is 5.76 Å². The standard InChI is InChI=1S/C16H17BrO3/c1-16(2)9-18-15(19-10-16)14-8-7-13(20-14)11-5-3-4-6-12(11)17/h3-8,15H,9-10H2,1-2H3. The summed E-state index contributed by atoms with van der Waals surface area (Å²) in [5.41, 5.74) is 1.09. The highest BCUT2D eigenvalue weighted by Crippen LogP contribution is 2.35. The van der Waals surface area contributed by atoms with Gasteiger partial charge in [0.2, 0.25) is 6.29 Å². The van der Waals surface area contributed by atoms with Gasteiger partial charge < -0.3 is 13.9 Å². The summed E-state index contributed by atoms with van der Waals surface area (Å²) in [7, 11) is 0. The first-order valence-corrected chi connectivity index (χ1v) is 7.42. The Balaban J connectivity index is 1.80. The molecule has 0 saturated carbocycles. The highest BCUT2D eigenvalue weighted by Gasteiger charge is 2.30. The van der Waals surface area contributed by atoms with Gasteiger partial charge in [0.15, 0.2) is 5.76 Å². The number of hydrogen-bond donors (Lipinski definition) is 0. The van der Waals surface area contributed by atoms with E-state index >= 15 is 0 Å². The van der Waals surface area contributed by atoms with E-state index in [1.54, 1.807) is 0 Å². The van der Waals surface area contributed by atoms with Gasteiger partial charge in [-0.3, -0.25) is 0 Å². The number of ether oxygens (including phenoxy) is 2. The van der Waals surface area contributed by atoms with Crippen molar-refractivity contribution < 1.29 is 13.9 Å². The predicted octanol–water partition coefficient (Wildman–Crippen LogP) is 4.78. The second-order valence-electron chi connectivity index (χ2n) is 5.80. The predicted molar refractivity (Wildman–Crippen MR) is 80.3 cm³/mol. The van der Waals surface area contributed by atoms with Crippen molar-refractivity contribution in [1.82, 2.24) is 0 Å². The Kier molecular flexibility index (Phi) is 3.71. The molecule has 106 valence electrons. The van der Waals surface area contributed by atoms with Gasteiger partial charge in [-0.05, 0) is 18.2 Å². The van der Waals surface area contributed by atoms with Crippen LogP contribution in [0.5, 0.6) is 0 Å². The highest BCUT2D eigenvalue weighted by molar-refractivity contribution is 9.10. The van der Waals surface area contributed by atoms with Gasteiger partial charge in [0, 0.05) is 15.5 Å². The van der Waals surface area contributed by atoms with E-state index in [2.05, 4.69) is 29.8 Å². The quantitative estimate of drug-likeness (QED) is 0.790. The fraction of sp³-hybridized carbons (Fsp3) is 0.375. The SMILES string of the molecule is CC1(C)COC(c2ccc(-c3ccccc3Br)o2)OC1. The lowest BCUT2D eigenvalue weighted by Gasteiger charge is -2.33. The molecule has 1 aliphatic heterocycles. The maximum Gasteiger partial charge on any atom is 0.217 e. The van der Waals surface area contributed by atoms with Crippen LogP contribution >= 0.6 is 15.9 Å². The Morgan fingerprint density at radius 1 is 1.05 bits per heavy atom. The lowest BCUT2D eigenvalue weighted by molar-refractivity contribution is -0.233. The van der Waals surface area contributed by atoms with Crippen LogP contribution in [0.1, 0.15) is 25.9 Å². The van der Waals surface area contributed by atoms with E-state index in [1.807, 2.05) is 36.4 Å². The first-order chi connectivity index (χ1) is 9.55. The first-order valence-electron chi connectivity index (χ1n) is 6.63. The second kappa shape index (κ2) is 5.35. The third-order valence-electron chi connectivity index (χ3n) is 3.25. The molecular formula is C16H17BrO3. The Hall–Kier alpha value is -1.10. The molecule has 0 amide bonds. The topological polar surface area (TPSA) is 31.6 Å². The van der Waals surface area contributed by atoms with Gasteiger partial charge in [0.25, 0.3) is 0 Å². The highest BCUT2D eigenvalue weighted by atomic mass is 79.9. The largest absolute Gasteiger partial charge is 0.456 e. The summed E-state index contributed by atoms with van der Waals surface area (Å²) in [4.78, 5) is 0. The van der Waals surface area contributed by atoms with E-state index in [1.165, 1.54) is 0 Å². The van der Waals surface area contributed by atoms with Crippen molar-refractivity contribution in [1.29, 1.82) is 0 Å². The molecule has 0 unspecified atom stereocenters. The summed E-state index contributed by atoms with van der Waals surface area (Å²) in [6.45, 7) is 5.58. The molecule has 4 heteroatoms. The van der Waals surface area contributed by atoms with Crippen molar-refractivity contribution in [3.63, 3.8) is 0 Å².